The summed E-state index contributed by atoms with van der Waals surface area (Å²) in [6.07, 6.45) is 2.54. The van der Waals surface area contributed by atoms with Gasteiger partial charge in [0, 0.05) is 21.0 Å². The van der Waals surface area contributed by atoms with E-state index in [4.69, 9.17) is 16.3 Å². The molecule has 0 fully saturated rings. The molecule has 0 aliphatic heterocycles. The van der Waals surface area contributed by atoms with E-state index >= 15 is 0 Å². The van der Waals surface area contributed by atoms with Gasteiger partial charge in [-0.3, -0.25) is 0 Å². The van der Waals surface area contributed by atoms with E-state index in [-0.39, 0.29) is 29.6 Å². The Labute approximate surface area is 218 Å². The first kappa shape index (κ1) is 24.3. The topological polar surface area (TPSA) is 49.4 Å². The third-order valence-electron chi connectivity index (χ3n) is 4.72. The van der Waals surface area contributed by atoms with E-state index in [9.17, 15) is 9.90 Å². The van der Waals surface area contributed by atoms with Gasteiger partial charge in [-0.1, -0.05) is 72.3 Å². The fourth-order valence-electron chi connectivity index (χ4n) is 3.23. The average Bonchev–Trinajstić information content (AvgIpc) is 3.27. The van der Waals surface area contributed by atoms with Crippen molar-refractivity contribution in [2.45, 2.75) is 6.61 Å². The number of hydrogen-bond donors (Lipinski definition) is 0. The maximum Gasteiger partial charge on any atom is 1.00 e. The van der Waals surface area contributed by atoms with Gasteiger partial charge in [-0.15, -0.1) is 11.3 Å². The summed E-state index contributed by atoms with van der Waals surface area (Å²) in [6, 6.07) is 25.4. The van der Waals surface area contributed by atoms with Crippen molar-refractivity contribution in [3.05, 3.63) is 106 Å². The molecule has 0 spiro atoms. The summed E-state index contributed by atoms with van der Waals surface area (Å²) in [6.45, 7) is 0.467. The van der Waals surface area contributed by atoms with E-state index in [1.807, 2.05) is 78.2 Å². The summed E-state index contributed by atoms with van der Waals surface area (Å²) in [7, 11) is 0. The van der Waals surface area contributed by atoms with Crippen LogP contribution in [0.3, 0.4) is 0 Å². The standard InChI is InChI=1S/C26H19ClO3S.Na/c27-21-11-12-24(30-17-19-4-2-1-3-5-19)23(16-21)22-14-15-31-26(22)20-9-6-18(7-10-20)8-13-25(28)29;/h1-16H,17H2,(H,28,29);/q;+1/p-1/b13-8+;. The quantitative estimate of drug-likeness (QED) is 0.309. The van der Waals surface area contributed by atoms with Crippen LogP contribution in [0.1, 0.15) is 11.1 Å². The Hall–Kier alpha value is -2.34. The van der Waals surface area contributed by atoms with Crippen LogP contribution in [-0.2, 0) is 11.4 Å². The molecular formula is C26H18ClNaO3S. The van der Waals surface area contributed by atoms with Gasteiger partial charge < -0.3 is 14.6 Å². The minimum Gasteiger partial charge on any atom is -0.545 e. The number of rotatable bonds is 7. The van der Waals surface area contributed by atoms with E-state index in [0.29, 0.717) is 11.6 Å². The third-order valence-corrected chi connectivity index (χ3v) is 5.92. The van der Waals surface area contributed by atoms with Gasteiger partial charge in [0.25, 0.3) is 0 Å². The zero-order valence-electron chi connectivity index (χ0n) is 17.5. The molecular weight excluding hydrogens is 451 g/mol. The van der Waals surface area contributed by atoms with Crippen LogP contribution in [-0.4, -0.2) is 5.97 Å². The minimum absolute atomic E-state index is 0. The molecule has 0 N–H and O–H groups in total. The van der Waals surface area contributed by atoms with E-state index in [1.165, 1.54) is 6.08 Å². The number of carboxylic acids is 1. The summed E-state index contributed by atoms with van der Waals surface area (Å²) >= 11 is 7.95. The Balaban J connectivity index is 0.00000289. The summed E-state index contributed by atoms with van der Waals surface area (Å²) in [4.78, 5) is 11.7. The zero-order valence-corrected chi connectivity index (χ0v) is 21.0. The van der Waals surface area contributed by atoms with Gasteiger partial charge in [-0.05, 0) is 52.4 Å². The molecule has 0 saturated carbocycles. The molecule has 4 aromatic rings. The Morgan fingerprint density at radius 1 is 0.969 bits per heavy atom. The van der Waals surface area contributed by atoms with E-state index in [2.05, 4.69) is 6.07 Å². The monoisotopic (exact) mass is 468 g/mol. The van der Waals surface area contributed by atoms with Gasteiger partial charge in [0.05, 0.1) is 5.97 Å². The molecule has 3 aromatic carbocycles. The molecule has 0 aliphatic carbocycles. The largest absolute Gasteiger partial charge is 1.00 e. The van der Waals surface area contributed by atoms with Gasteiger partial charge in [0.2, 0.25) is 0 Å². The molecule has 32 heavy (non-hydrogen) atoms. The molecule has 0 bridgehead atoms. The van der Waals surface area contributed by atoms with Gasteiger partial charge in [0.15, 0.2) is 0 Å². The predicted octanol–water partition coefficient (Wildman–Crippen LogP) is 3.08. The van der Waals surface area contributed by atoms with Gasteiger partial charge in [-0.2, -0.15) is 0 Å². The molecule has 0 aliphatic rings. The number of halogens is 1. The molecule has 4 rings (SSSR count). The summed E-state index contributed by atoms with van der Waals surface area (Å²) in [5.41, 5.74) is 4.88. The normalized spacial score (nSPS) is 10.7. The van der Waals surface area contributed by atoms with Crippen LogP contribution in [0.25, 0.3) is 27.6 Å². The number of carbonyl (C=O) groups excluding carboxylic acids is 1. The van der Waals surface area contributed by atoms with Crippen LogP contribution < -0.4 is 39.4 Å². The van der Waals surface area contributed by atoms with E-state index in [0.717, 1.165) is 44.5 Å². The van der Waals surface area contributed by atoms with Crippen molar-refractivity contribution in [3.63, 3.8) is 0 Å². The van der Waals surface area contributed by atoms with Crippen molar-refractivity contribution < 1.29 is 44.2 Å². The van der Waals surface area contributed by atoms with E-state index < -0.39 is 5.97 Å². The Bertz CT molecular complexity index is 1220. The molecule has 0 unspecified atom stereocenters. The van der Waals surface area contributed by atoms with Crippen molar-refractivity contribution >= 4 is 35.0 Å². The molecule has 6 heteroatoms. The fraction of sp³-hybridized carbons (Fsp3) is 0.0385. The van der Waals surface area contributed by atoms with Crippen LogP contribution in [0.15, 0.2) is 90.3 Å². The van der Waals surface area contributed by atoms with Crippen LogP contribution in [0, 0.1) is 0 Å². The third kappa shape index (κ3) is 6.12. The Morgan fingerprint density at radius 3 is 2.44 bits per heavy atom. The van der Waals surface area contributed by atoms with E-state index in [1.54, 1.807) is 11.3 Å². The van der Waals surface area contributed by atoms with Crippen LogP contribution in [0.5, 0.6) is 5.75 Å². The molecule has 3 nitrogen and oxygen atoms in total. The number of ether oxygens (including phenoxy) is 1. The second-order valence-corrected chi connectivity index (χ2v) is 8.21. The number of aliphatic carboxylic acids is 1. The second-order valence-electron chi connectivity index (χ2n) is 6.85. The number of benzene rings is 3. The fourth-order valence-corrected chi connectivity index (χ4v) is 4.32. The number of thiophene rings is 1. The average molecular weight is 469 g/mol. The second kappa shape index (κ2) is 11.5. The predicted molar refractivity (Wildman–Crippen MR) is 125 cm³/mol. The first-order chi connectivity index (χ1) is 15.1. The molecule has 0 atom stereocenters. The van der Waals surface area contributed by atoms with Crippen molar-refractivity contribution in [1.29, 1.82) is 0 Å². The number of hydrogen-bond acceptors (Lipinski definition) is 4. The molecule has 154 valence electrons. The maximum absolute atomic E-state index is 10.6. The van der Waals surface area contributed by atoms with Crippen molar-refractivity contribution in [2.75, 3.05) is 0 Å². The molecule has 0 saturated heterocycles. The van der Waals surface area contributed by atoms with Crippen molar-refractivity contribution in [1.82, 2.24) is 0 Å². The Morgan fingerprint density at radius 2 is 1.72 bits per heavy atom. The maximum atomic E-state index is 10.6. The minimum atomic E-state index is -1.21. The summed E-state index contributed by atoms with van der Waals surface area (Å²) in [5.74, 6) is -0.449. The van der Waals surface area contributed by atoms with Crippen LogP contribution in [0.2, 0.25) is 5.02 Å². The van der Waals surface area contributed by atoms with Crippen molar-refractivity contribution in [3.8, 4) is 27.3 Å². The molecule has 0 radical (unpaired) electrons. The molecule has 1 aromatic heterocycles. The summed E-state index contributed by atoms with van der Waals surface area (Å²) in [5, 5.41) is 13.3. The number of carbonyl (C=O) groups is 1. The smallest absolute Gasteiger partial charge is 0.545 e. The van der Waals surface area contributed by atoms with Crippen LogP contribution in [0.4, 0.5) is 0 Å². The van der Waals surface area contributed by atoms with Gasteiger partial charge >= 0.3 is 29.6 Å². The number of carboxylic acid groups (broad SMARTS) is 1. The van der Waals surface area contributed by atoms with Crippen molar-refractivity contribution in [2.24, 2.45) is 0 Å². The zero-order chi connectivity index (χ0) is 21.6. The van der Waals surface area contributed by atoms with Gasteiger partial charge in [-0.25, -0.2) is 0 Å². The molecule has 1 heterocycles. The van der Waals surface area contributed by atoms with Crippen LogP contribution >= 0.6 is 22.9 Å². The molecule has 0 amide bonds. The SMILES string of the molecule is O=C([O-])/C=C/c1ccc(-c2sccc2-c2cc(Cl)ccc2OCc2ccccc2)cc1.[Na+]. The first-order valence-electron chi connectivity index (χ1n) is 9.64. The first-order valence-corrected chi connectivity index (χ1v) is 10.9. The summed E-state index contributed by atoms with van der Waals surface area (Å²) < 4.78 is 6.14. The van der Waals surface area contributed by atoms with Gasteiger partial charge in [0.1, 0.15) is 12.4 Å². The Kier molecular flexibility index (Phi) is 8.74.